The summed E-state index contributed by atoms with van der Waals surface area (Å²) < 4.78 is 1.91. The number of fused-ring (bicyclic) bond motifs is 2. The molecule has 2 aromatic heterocycles. The molecule has 2 amide bonds. The van der Waals surface area contributed by atoms with E-state index in [-0.39, 0.29) is 11.8 Å². The van der Waals surface area contributed by atoms with Crippen molar-refractivity contribution < 1.29 is 9.59 Å². The van der Waals surface area contributed by atoms with Gasteiger partial charge in [-0.05, 0) is 35.4 Å². The number of rotatable bonds is 3. The first-order valence-corrected chi connectivity index (χ1v) is 10.2. The third-order valence-corrected chi connectivity index (χ3v) is 6.24. The number of aromatic nitrogens is 3. The molecule has 0 bridgehead atoms. The molecule has 1 fully saturated rings. The number of benzene rings is 1. The molecule has 1 N–H and O–H groups in total. The normalized spacial score (nSPS) is 20.5. The molecule has 0 aliphatic carbocycles. The summed E-state index contributed by atoms with van der Waals surface area (Å²) in [4.78, 5) is 27.3. The summed E-state index contributed by atoms with van der Waals surface area (Å²) in [6.07, 6.45) is 0.740. The van der Waals surface area contributed by atoms with Gasteiger partial charge < -0.3 is 14.8 Å². The lowest BCUT2D eigenvalue weighted by molar-refractivity contribution is 0.0783. The molecule has 28 heavy (non-hydrogen) atoms. The fourth-order valence-corrected chi connectivity index (χ4v) is 4.76. The number of nitrogens with one attached hydrogen (secondary N) is 1. The SMILES string of the molecule is O=C(Nc1ccccc1)c1nnc2n1C[C@@H]1CN(C(=O)c3ccsc3)C[C@@H]1C2. The van der Waals surface area contributed by atoms with Crippen molar-refractivity contribution in [3.63, 3.8) is 0 Å². The number of nitrogens with zero attached hydrogens (tertiary/aromatic N) is 4. The van der Waals surface area contributed by atoms with Gasteiger partial charge in [-0.1, -0.05) is 18.2 Å². The summed E-state index contributed by atoms with van der Waals surface area (Å²) in [5, 5.41) is 15.1. The van der Waals surface area contributed by atoms with Gasteiger partial charge in [0.2, 0.25) is 5.82 Å². The van der Waals surface area contributed by atoms with Gasteiger partial charge in [0, 0.05) is 37.1 Å². The molecule has 3 aromatic rings. The highest BCUT2D eigenvalue weighted by Crippen LogP contribution is 2.33. The molecule has 2 aliphatic heterocycles. The highest BCUT2D eigenvalue weighted by atomic mass is 32.1. The Morgan fingerprint density at radius 3 is 2.64 bits per heavy atom. The van der Waals surface area contributed by atoms with E-state index in [0.717, 1.165) is 30.0 Å². The average molecular weight is 393 g/mol. The second-order valence-corrected chi connectivity index (χ2v) is 8.10. The van der Waals surface area contributed by atoms with Gasteiger partial charge in [0.1, 0.15) is 5.82 Å². The zero-order chi connectivity index (χ0) is 19.1. The Hall–Kier alpha value is -3.00. The second kappa shape index (κ2) is 6.87. The number of anilines is 1. The summed E-state index contributed by atoms with van der Waals surface area (Å²) in [6, 6.07) is 11.2. The van der Waals surface area contributed by atoms with Gasteiger partial charge in [0.15, 0.2) is 0 Å². The van der Waals surface area contributed by atoms with Crippen LogP contribution in [0, 0.1) is 11.8 Å². The van der Waals surface area contributed by atoms with Crippen LogP contribution in [0.1, 0.15) is 26.8 Å². The maximum atomic E-state index is 12.7. The van der Waals surface area contributed by atoms with Crippen molar-refractivity contribution >= 4 is 28.8 Å². The number of hydrogen-bond acceptors (Lipinski definition) is 5. The fourth-order valence-electron chi connectivity index (χ4n) is 4.14. The Bertz CT molecular complexity index is 1010. The van der Waals surface area contributed by atoms with Crippen LogP contribution in [0.3, 0.4) is 0 Å². The van der Waals surface area contributed by atoms with Crippen LogP contribution in [0.4, 0.5) is 5.69 Å². The third kappa shape index (κ3) is 2.99. The van der Waals surface area contributed by atoms with E-state index in [1.807, 2.05) is 56.6 Å². The molecule has 1 aromatic carbocycles. The Balaban J connectivity index is 1.32. The van der Waals surface area contributed by atoms with E-state index in [0.29, 0.717) is 30.7 Å². The lowest BCUT2D eigenvalue weighted by Gasteiger charge is -2.25. The van der Waals surface area contributed by atoms with Crippen LogP contribution in [0.2, 0.25) is 0 Å². The zero-order valence-electron chi connectivity index (χ0n) is 15.1. The van der Waals surface area contributed by atoms with Crippen molar-refractivity contribution in [1.82, 2.24) is 19.7 Å². The smallest absolute Gasteiger partial charge is 0.293 e. The number of carbonyl (C=O) groups excluding carboxylic acids is 2. The van der Waals surface area contributed by atoms with E-state index in [1.54, 1.807) is 0 Å². The van der Waals surface area contributed by atoms with Crippen LogP contribution in [0.25, 0.3) is 0 Å². The first-order chi connectivity index (χ1) is 13.7. The molecule has 0 unspecified atom stereocenters. The van der Waals surface area contributed by atoms with Crippen molar-refractivity contribution in [1.29, 1.82) is 0 Å². The van der Waals surface area contributed by atoms with Crippen molar-refractivity contribution in [2.45, 2.75) is 13.0 Å². The highest BCUT2D eigenvalue weighted by molar-refractivity contribution is 7.08. The molecule has 1 saturated heterocycles. The molecular weight excluding hydrogens is 374 g/mol. The quantitative estimate of drug-likeness (QED) is 0.742. The molecular formula is C20H19N5O2S. The molecule has 2 aliphatic rings. The van der Waals surface area contributed by atoms with Crippen molar-refractivity contribution in [3.05, 3.63) is 64.4 Å². The van der Waals surface area contributed by atoms with Gasteiger partial charge in [0.05, 0.1) is 5.56 Å². The van der Waals surface area contributed by atoms with Crippen LogP contribution in [-0.4, -0.2) is 44.6 Å². The monoisotopic (exact) mass is 393 g/mol. The Kier molecular flexibility index (Phi) is 4.20. The topological polar surface area (TPSA) is 80.1 Å². The van der Waals surface area contributed by atoms with E-state index in [4.69, 9.17) is 0 Å². The minimum absolute atomic E-state index is 0.0912. The Labute approximate surface area is 166 Å². The number of thiophene rings is 1. The number of hydrogen-bond donors (Lipinski definition) is 1. The number of amides is 2. The Morgan fingerprint density at radius 2 is 1.86 bits per heavy atom. The molecule has 5 rings (SSSR count). The highest BCUT2D eigenvalue weighted by Gasteiger charge is 2.40. The summed E-state index contributed by atoms with van der Waals surface area (Å²) in [6.45, 7) is 2.10. The molecule has 0 spiro atoms. The van der Waals surface area contributed by atoms with Crippen LogP contribution in [0.5, 0.6) is 0 Å². The number of carbonyl (C=O) groups is 2. The second-order valence-electron chi connectivity index (χ2n) is 7.32. The summed E-state index contributed by atoms with van der Waals surface area (Å²) in [5.41, 5.74) is 1.48. The third-order valence-electron chi connectivity index (χ3n) is 5.56. The minimum atomic E-state index is -0.257. The maximum Gasteiger partial charge on any atom is 0.293 e. The molecule has 4 heterocycles. The largest absolute Gasteiger partial charge is 0.338 e. The predicted molar refractivity (Wildman–Crippen MR) is 105 cm³/mol. The minimum Gasteiger partial charge on any atom is -0.338 e. The maximum absolute atomic E-state index is 12.7. The molecule has 7 nitrogen and oxygen atoms in total. The molecule has 0 saturated carbocycles. The van der Waals surface area contributed by atoms with Crippen molar-refractivity contribution in [2.24, 2.45) is 11.8 Å². The van der Waals surface area contributed by atoms with Gasteiger partial charge in [-0.3, -0.25) is 9.59 Å². The molecule has 142 valence electrons. The summed E-state index contributed by atoms with van der Waals surface area (Å²) in [5.74, 6) is 1.67. The summed E-state index contributed by atoms with van der Waals surface area (Å²) in [7, 11) is 0. The van der Waals surface area contributed by atoms with Gasteiger partial charge in [0.25, 0.3) is 11.8 Å². The number of para-hydroxylation sites is 1. The van der Waals surface area contributed by atoms with Crippen LogP contribution < -0.4 is 5.32 Å². The van der Waals surface area contributed by atoms with Gasteiger partial charge in [-0.25, -0.2) is 0 Å². The summed E-state index contributed by atoms with van der Waals surface area (Å²) >= 11 is 1.53. The van der Waals surface area contributed by atoms with Gasteiger partial charge >= 0.3 is 0 Å². The zero-order valence-corrected chi connectivity index (χ0v) is 15.9. The van der Waals surface area contributed by atoms with E-state index < -0.39 is 0 Å². The van der Waals surface area contributed by atoms with Crippen LogP contribution in [0.15, 0.2) is 47.2 Å². The molecule has 0 radical (unpaired) electrons. The average Bonchev–Trinajstić information content (AvgIpc) is 3.45. The first kappa shape index (κ1) is 17.1. The fraction of sp³-hybridized carbons (Fsp3) is 0.300. The number of likely N-dealkylation sites (tertiary alicyclic amines) is 1. The predicted octanol–water partition coefficient (Wildman–Crippen LogP) is 2.54. The van der Waals surface area contributed by atoms with E-state index >= 15 is 0 Å². The van der Waals surface area contributed by atoms with Gasteiger partial charge in [-0.2, -0.15) is 11.3 Å². The van der Waals surface area contributed by atoms with Crippen molar-refractivity contribution in [2.75, 3.05) is 18.4 Å². The lowest BCUT2D eigenvalue weighted by Crippen LogP contribution is -2.31. The standard InChI is InChI=1S/C20H19N5O2S/c26-19(21-16-4-2-1-3-5-16)18-23-22-17-8-14-9-24(10-15(14)11-25(17)18)20(27)13-6-7-28-12-13/h1-7,12,14-15H,8-11H2,(H,21,26)/t14-,15-/m0/s1. The van der Waals surface area contributed by atoms with Crippen LogP contribution >= 0.6 is 11.3 Å². The first-order valence-electron chi connectivity index (χ1n) is 9.29. The van der Waals surface area contributed by atoms with Crippen molar-refractivity contribution in [3.8, 4) is 0 Å². The molecule has 2 atom stereocenters. The van der Waals surface area contributed by atoms with E-state index in [2.05, 4.69) is 15.5 Å². The lowest BCUT2D eigenvalue weighted by atomic mass is 9.89. The van der Waals surface area contributed by atoms with E-state index in [1.165, 1.54) is 11.3 Å². The Morgan fingerprint density at radius 1 is 1.04 bits per heavy atom. The molecule has 8 heteroatoms. The van der Waals surface area contributed by atoms with E-state index in [9.17, 15) is 9.59 Å². The van der Waals surface area contributed by atoms with Crippen LogP contribution in [-0.2, 0) is 13.0 Å². The van der Waals surface area contributed by atoms with Gasteiger partial charge in [-0.15, -0.1) is 10.2 Å².